The lowest BCUT2D eigenvalue weighted by atomic mass is 9.97. The summed E-state index contributed by atoms with van der Waals surface area (Å²) < 4.78 is 5.40. The van der Waals surface area contributed by atoms with Gasteiger partial charge in [0.1, 0.15) is 11.4 Å². The Hall–Kier alpha value is -2.89. The van der Waals surface area contributed by atoms with E-state index in [0.717, 1.165) is 17.7 Å². The van der Waals surface area contributed by atoms with Gasteiger partial charge < -0.3 is 14.7 Å². The third kappa shape index (κ3) is 3.08. The fraction of sp³-hybridized carbons (Fsp3) is 0.278. The van der Waals surface area contributed by atoms with Crippen LogP contribution in [0.4, 0.5) is 0 Å². The van der Waals surface area contributed by atoms with Crippen molar-refractivity contribution in [3.05, 3.63) is 59.4 Å². The van der Waals surface area contributed by atoms with E-state index in [2.05, 4.69) is 4.98 Å². The minimum Gasteiger partial charge on any atom is -0.496 e. The van der Waals surface area contributed by atoms with Gasteiger partial charge >= 0.3 is 5.97 Å². The number of ether oxygens (including phenoxy) is 1. The first-order valence-electron chi connectivity index (χ1n) is 7.71. The Morgan fingerprint density at radius 2 is 2.08 bits per heavy atom. The van der Waals surface area contributed by atoms with Crippen LogP contribution in [-0.4, -0.2) is 47.1 Å². The number of carboxylic acid groups (broad SMARTS) is 1. The molecule has 1 saturated heterocycles. The molecule has 1 atom stereocenters. The molecule has 24 heavy (non-hydrogen) atoms. The summed E-state index contributed by atoms with van der Waals surface area (Å²) in [7, 11) is 1.64. The van der Waals surface area contributed by atoms with Gasteiger partial charge in [-0.2, -0.15) is 0 Å². The Morgan fingerprint density at radius 3 is 2.83 bits per heavy atom. The molecule has 6 nitrogen and oxygen atoms in total. The van der Waals surface area contributed by atoms with Gasteiger partial charge in [0.2, 0.25) is 0 Å². The Bertz CT molecular complexity index is 775. The van der Waals surface area contributed by atoms with E-state index in [1.807, 2.05) is 24.3 Å². The summed E-state index contributed by atoms with van der Waals surface area (Å²) in [6.45, 7) is 1.22. The molecule has 1 N–H and O–H groups in total. The lowest BCUT2D eigenvalue weighted by Gasteiger charge is -2.18. The predicted octanol–water partition coefficient (Wildman–Crippen LogP) is 2.42. The van der Waals surface area contributed by atoms with E-state index in [1.165, 1.54) is 12.3 Å². The van der Waals surface area contributed by atoms with Crippen molar-refractivity contribution in [2.24, 2.45) is 0 Å². The summed E-state index contributed by atoms with van der Waals surface area (Å²) >= 11 is 0. The maximum Gasteiger partial charge on any atom is 0.354 e. The van der Waals surface area contributed by atoms with Gasteiger partial charge in [0.25, 0.3) is 5.91 Å². The average Bonchev–Trinajstić information content (AvgIpc) is 3.11. The highest BCUT2D eigenvalue weighted by Crippen LogP contribution is 2.33. The van der Waals surface area contributed by atoms with E-state index in [-0.39, 0.29) is 17.5 Å². The average molecular weight is 326 g/mol. The molecule has 0 bridgehead atoms. The van der Waals surface area contributed by atoms with Crippen LogP contribution in [0.5, 0.6) is 5.75 Å². The smallest absolute Gasteiger partial charge is 0.354 e. The number of aromatic carboxylic acids is 1. The van der Waals surface area contributed by atoms with Gasteiger partial charge in [-0.15, -0.1) is 0 Å². The van der Waals surface area contributed by atoms with Crippen LogP contribution in [0, 0.1) is 0 Å². The third-order valence-corrected chi connectivity index (χ3v) is 4.28. The quantitative estimate of drug-likeness (QED) is 0.933. The van der Waals surface area contributed by atoms with E-state index in [1.54, 1.807) is 18.1 Å². The van der Waals surface area contributed by atoms with Gasteiger partial charge in [-0.3, -0.25) is 4.79 Å². The van der Waals surface area contributed by atoms with E-state index < -0.39 is 5.97 Å². The molecule has 1 aliphatic heterocycles. The van der Waals surface area contributed by atoms with Gasteiger partial charge in [0.05, 0.1) is 7.11 Å². The first kappa shape index (κ1) is 16.0. The topological polar surface area (TPSA) is 79.7 Å². The first-order valence-corrected chi connectivity index (χ1v) is 7.71. The predicted molar refractivity (Wildman–Crippen MR) is 87.5 cm³/mol. The molecule has 0 saturated carbocycles. The minimum atomic E-state index is -1.14. The SMILES string of the molecule is COc1ccccc1C1CCN(C(=O)c2ccnc(C(=O)O)c2)C1. The number of carbonyl (C=O) groups is 2. The number of carbonyl (C=O) groups excluding carboxylic acids is 1. The highest BCUT2D eigenvalue weighted by Gasteiger charge is 2.29. The summed E-state index contributed by atoms with van der Waals surface area (Å²) in [6, 6.07) is 10.7. The van der Waals surface area contributed by atoms with Crippen molar-refractivity contribution in [3.8, 4) is 5.75 Å². The van der Waals surface area contributed by atoms with E-state index in [9.17, 15) is 9.59 Å². The Kier molecular flexibility index (Phi) is 4.46. The number of amides is 1. The summed E-state index contributed by atoms with van der Waals surface area (Å²) in [5, 5.41) is 9.00. The van der Waals surface area contributed by atoms with Gasteiger partial charge in [0, 0.05) is 30.8 Å². The van der Waals surface area contributed by atoms with Crippen molar-refractivity contribution in [3.63, 3.8) is 0 Å². The molecule has 2 heterocycles. The summed E-state index contributed by atoms with van der Waals surface area (Å²) in [4.78, 5) is 29.1. The fourth-order valence-corrected chi connectivity index (χ4v) is 3.07. The number of hydrogen-bond donors (Lipinski definition) is 1. The number of pyridine rings is 1. The number of hydrogen-bond acceptors (Lipinski definition) is 4. The number of benzene rings is 1. The van der Waals surface area contributed by atoms with Crippen molar-refractivity contribution in [1.29, 1.82) is 0 Å². The van der Waals surface area contributed by atoms with Crippen LogP contribution in [0.25, 0.3) is 0 Å². The van der Waals surface area contributed by atoms with Gasteiger partial charge in [0.15, 0.2) is 0 Å². The molecule has 2 aromatic rings. The minimum absolute atomic E-state index is 0.124. The largest absolute Gasteiger partial charge is 0.496 e. The lowest BCUT2D eigenvalue weighted by molar-refractivity contribution is 0.0690. The summed E-state index contributed by atoms with van der Waals surface area (Å²) in [5.74, 6) is -0.268. The molecule has 0 spiro atoms. The second-order valence-electron chi connectivity index (χ2n) is 5.71. The number of methoxy groups -OCH3 is 1. The van der Waals surface area contributed by atoms with Gasteiger partial charge in [-0.1, -0.05) is 18.2 Å². The first-order chi connectivity index (χ1) is 11.6. The number of rotatable bonds is 4. The maximum absolute atomic E-state index is 12.6. The molecule has 0 aliphatic carbocycles. The van der Waals surface area contributed by atoms with E-state index in [0.29, 0.717) is 18.7 Å². The normalized spacial score (nSPS) is 16.9. The molecule has 1 aromatic carbocycles. The van der Waals surface area contributed by atoms with Crippen LogP contribution in [0.15, 0.2) is 42.6 Å². The van der Waals surface area contributed by atoms with Gasteiger partial charge in [-0.25, -0.2) is 9.78 Å². The molecular weight excluding hydrogens is 308 g/mol. The summed E-state index contributed by atoms with van der Waals surface area (Å²) in [6.07, 6.45) is 2.20. The zero-order chi connectivity index (χ0) is 17.1. The van der Waals surface area contributed by atoms with Crippen LogP contribution < -0.4 is 4.74 Å². The van der Waals surface area contributed by atoms with Crippen molar-refractivity contribution in [2.75, 3.05) is 20.2 Å². The molecule has 0 radical (unpaired) electrons. The Balaban J connectivity index is 1.77. The monoisotopic (exact) mass is 326 g/mol. The van der Waals surface area contributed by atoms with Crippen LogP contribution in [0.3, 0.4) is 0 Å². The fourth-order valence-electron chi connectivity index (χ4n) is 3.07. The molecule has 1 amide bonds. The number of nitrogens with zero attached hydrogens (tertiary/aromatic N) is 2. The molecule has 1 aromatic heterocycles. The molecule has 1 fully saturated rings. The summed E-state index contributed by atoms with van der Waals surface area (Å²) in [5.41, 5.74) is 1.32. The van der Waals surface area contributed by atoms with Crippen molar-refractivity contribution in [1.82, 2.24) is 9.88 Å². The second kappa shape index (κ2) is 6.70. The molecule has 124 valence electrons. The highest BCUT2D eigenvalue weighted by atomic mass is 16.5. The highest BCUT2D eigenvalue weighted by molar-refractivity contribution is 5.96. The molecule has 3 rings (SSSR count). The van der Waals surface area contributed by atoms with Crippen molar-refractivity contribution >= 4 is 11.9 Å². The third-order valence-electron chi connectivity index (χ3n) is 4.28. The maximum atomic E-state index is 12.6. The van der Waals surface area contributed by atoms with Crippen LogP contribution in [0.1, 0.15) is 38.7 Å². The van der Waals surface area contributed by atoms with Crippen LogP contribution in [0.2, 0.25) is 0 Å². The molecular formula is C18H18N2O4. The number of likely N-dealkylation sites (tertiary alicyclic amines) is 1. The van der Waals surface area contributed by atoms with Crippen LogP contribution >= 0.6 is 0 Å². The van der Waals surface area contributed by atoms with Gasteiger partial charge in [-0.05, 0) is 30.2 Å². The van der Waals surface area contributed by atoms with E-state index in [4.69, 9.17) is 9.84 Å². The Labute approximate surface area is 139 Å². The van der Waals surface area contributed by atoms with Crippen LogP contribution in [-0.2, 0) is 0 Å². The van der Waals surface area contributed by atoms with Crippen molar-refractivity contribution in [2.45, 2.75) is 12.3 Å². The molecule has 1 unspecified atom stereocenters. The molecule has 6 heteroatoms. The lowest BCUT2D eigenvalue weighted by Crippen LogP contribution is -2.28. The van der Waals surface area contributed by atoms with E-state index >= 15 is 0 Å². The molecule has 1 aliphatic rings. The zero-order valence-electron chi connectivity index (χ0n) is 13.3. The zero-order valence-corrected chi connectivity index (χ0v) is 13.3. The Morgan fingerprint density at radius 1 is 1.29 bits per heavy atom. The second-order valence-corrected chi connectivity index (χ2v) is 5.71. The standard InChI is InChI=1S/C18H18N2O4/c1-24-16-5-3-2-4-14(16)13-7-9-20(11-13)17(21)12-6-8-19-15(10-12)18(22)23/h2-6,8,10,13H,7,9,11H2,1H3,(H,22,23). The number of carboxylic acids is 1. The number of aromatic nitrogens is 1. The van der Waals surface area contributed by atoms with Crippen molar-refractivity contribution < 1.29 is 19.4 Å². The number of para-hydroxylation sites is 1.